The molecule has 198 valence electrons. The molecule has 3 rings (SSSR count). The molecule has 8 heteroatoms. The van der Waals surface area contributed by atoms with E-state index in [0.29, 0.717) is 90.8 Å². The van der Waals surface area contributed by atoms with Crippen LogP contribution in [0.15, 0.2) is 72.2 Å². The van der Waals surface area contributed by atoms with Gasteiger partial charge in [0, 0.05) is 12.8 Å². The third kappa shape index (κ3) is 12.3. The molecular weight excluding hydrogens is 464 g/mol. The summed E-state index contributed by atoms with van der Waals surface area (Å²) in [5.74, 6) is 3.34. The Balaban J connectivity index is 1.11. The summed E-state index contributed by atoms with van der Waals surface area (Å²) in [6.45, 7) is 6.05. The summed E-state index contributed by atoms with van der Waals surface area (Å²) in [4.78, 5) is 0. The minimum Gasteiger partial charge on any atom is -0.495 e. The van der Waals surface area contributed by atoms with Crippen LogP contribution in [0, 0.1) is 0 Å². The zero-order valence-corrected chi connectivity index (χ0v) is 20.9. The molecule has 8 nitrogen and oxygen atoms in total. The summed E-state index contributed by atoms with van der Waals surface area (Å²) < 4.78 is 44.9. The van der Waals surface area contributed by atoms with Gasteiger partial charge >= 0.3 is 0 Å². The molecule has 0 bridgehead atoms. The Bertz CT molecular complexity index is 777. The molecule has 0 unspecified atom stereocenters. The maximum atomic E-state index is 5.81. The minimum atomic E-state index is 0.427. The first-order chi connectivity index (χ1) is 17.9. The molecule has 2 aliphatic carbocycles. The number of para-hydroxylation sites is 2. The van der Waals surface area contributed by atoms with Crippen LogP contribution in [0.3, 0.4) is 0 Å². The quantitative estimate of drug-likeness (QED) is 0.218. The van der Waals surface area contributed by atoms with Gasteiger partial charge in [-0.25, -0.2) is 0 Å². The van der Waals surface area contributed by atoms with E-state index in [4.69, 9.17) is 37.9 Å². The molecule has 0 atom stereocenters. The second-order valence-corrected chi connectivity index (χ2v) is 7.82. The zero-order valence-electron chi connectivity index (χ0n) is 20.9. The lowest BCUT2D eigenvalue weighted by Gasteiger charge is -2.13. The average molecular weight is 503 g/mol. The number of hydrogen-bond acceptors (Lipinski definition) is 8. The van der Waals surface area contributed by atoms with Crippen molar-refractivity contribution in [3.05, 3.63) is 72.2 Å². The van der Waals surface area contributed by atoms with Crippen LogP contribution < -0.4 is 9.47 Å². The monoisotopic (exact) mass is 502 g/mol. The predicted molar refractivity (Wildman–Crippen MR) is 136 cm³/mol. The van der Waals surface area contributed by atoms with Crippen LogP contribution in [-0.4, -0.2) is 79.3 Å². The lowest BCUT2D eigenvalue weighted by Crippen LogP contribution is -2.14. The highest BCUT2D eigenvalue weighted by Gasteiger charge is 2.05. The van der Waals surface area contributed by atoms with E-state index in [9.17, 15) is 0 Å². The highest BCUT2D eigenvalue weighted by Crippen LogP contribution is 2.26. The van der Waals surface area contributed by atoms with Crippen LogP contribution in [-0.2, 0) is 28.4 Å². The van der Waals surface area contributed by atoms with Crippen LogP contribution >= 0.6 is 0 Å². The third-order valence-corrected chi connectivity index (χ3v) is 5.07. The number of rotatable bonds is 22. The first kappa shape index (κ1) is 27.8. The molecule has 0 saturated carbocycles. The summed E-state index contributed by atoms with van der Waals surface area (Å²) in [7, 11) is 0. The van der Waals surface area contributed by atoms with Gasteiger partial charge < -0.3 is 37.9 Å². The number of hydrogen-bond donors (Lipinski definition) is 0. The maximum absolute atomic E-state index is 5.81. The molecule has 0 aliphatic heterocycles. The van der Waals surface area contributed by atoms with Crippen molar-refractivity contribution in [3.63, 3.8) is 0 Å². The van der Waals surface area contributed by atoms with Crippen molar-refractivity contribution >= 4 is 0 Å². The standard InChI is InChI=1S/C28H38O8/c1-2-8-25(7-1)33-21-17-29-13-15-31-19-23-35-27-11-5-6-12-28(27)36-24-20-32-16-14-30-18-22-34-26-9-3-4-10-26/h1-7,9,11-12H,8,10,13-24H2. The summed E-state index contributed by atoms with van der Waals surface area (Å²) in [5, 5.41) is 0. The van der Waals surface area contributed by atoms with Crippen molar-refractivity contribution < 1.29 is 37.9 Å². The Morgan fingerprint density at radius 1 is 0.444 bits per heavy atom. The molecule has 0 N–H and O–H groups in total. The van der Waals surface area contributed by atoms with Gasteiger partial charge in [0.2, 0.25) is 0 Å². The number of allylic oxidation sites excluding steroid dienone is 6. The molecular formula is C28H38O8. The molecule has 0 heterocycles. The highest BCUT2D eigenvalue weighted by atomic mass is 16.6. The predicted octanol–water partition coefficient (Wildman–Crippen LogP) is 4.23. The van der Waals surface area contributed by atoms with E-state index in [1.807, 2.05) is 48.6 Å². The molecule has 0 aromatic heterocycles. The smallest absolute Gasteiger partial charge is 0.161 e. The van der Waals surface area contributed by atoms with Crippen molar-refractivity contribution in [1.29, 1.82) is 0 Å². The lowest BCUT2D eigenvalue weighted by molar-refractivity contribution is 0.0175. The normalized spacial score (nSPS) is 14.1. The highest BCUT2D eigenvalue weighted by molar-refractivity contribution is 5.39. The van der Waals surface area contributed by atoms with E-state index in [-0.39, 0.29) is 0 Å². The Kier molecular flexibility index (Phi) is 14.3. The molecule has 1 aromatic rings. The van der Waals surface area contributed by atoms with E-state index in [0.717, 1.165) is 24.4 Å². The van der Waals surface area contributed by atoms with Crippen molar-refractivity contribution in [1.82, 2.24) is 0 Å². The second kappa shape index (κ2) is 18.5. The molecule has 2 aliphatic rings. The fraction of sp³-hybridized carbons (Fsp3) is 0.500. The lowest BCUT2D eigenvalue weighted by atomic mass is 10.3. The van der Waals surface area contributed by atoms with E-state index in [1.54, 1.807) is 0 Å². The van der Waals surface area contributed by atoms with Gasteiger partial charge in [0.15, 0.2) is 11.5 Å². The molecule has 1 aromatic carbocycles. The van der Waals surface area contributed by atoms with Crippen molar-refractivity contribution in [2.75, 3.05) is 79.3 Å². The second-order valence-electron chi connectivity index (χ2n) is 7.82. The Labute approximate surface area is 214 Å². The Morgan fingerprint density at radius 3 is 1.17 bits per heavy atom. The van der Waals surface area contributed by atoms with Gasteiger partial charge in [-0.05, 0) is 24.3 Å². The topological polar surface area (TPSA) is 73.8 Å². The average Bonchev–Trinajstić information content (AvgIpc) is 3.62. The van der Waals surface area contributed by atoms with Gasteiger partial charge in [0.1, 0.15) is 26.4 Å². The van der Waals surface area contributed by atoms with Crippen molar-refractivity contribution in [2.24, 2.45) is 0 Å². The van der Waals surface area contributed by atoms with Gasteiger partial charge in [-0.2, -0.15) is 0 Å². The zero-order chi connectivity index (χ0) is 24.9. The SMILES string of the molecule is C1=CCC(OCCOCCOCCOc2ccccc2OCCOCCOCCOC2=CC=CC2)=C1. The van der Waals surface area contributed by atoms with Crippen molar-refractivity contribution in [2.45, 2.75) is 12.8 Å². The Hall–Kier alpha value is -2.78. The van der Waals surface area contributed by atoms with Crippen LogP contribution in [0.4, 0.5) is 0 Å². The Morgan fingerprint density at radius 2 is 0.806 bits per heavy atom. The largest absolute Gasteiger partial charge is 0.495 e. The van der Waals surface area contributed by atoms with Gasteiger partial charge in [-0.1, -0.05) is 36.4 Å². The molecule has 0 spiro atoms. The van der Waals surface area contributed by atoms with Crippen LogP contribution in [0.5, 0.6) is 11.5 Å². The fourth-order valence-electron chi connectivity index (χ4n) is 3.29. The minimum absolute atomic E-state index is 0.427. The first-order valence-corrected chi connectivity index (χ1v) is 12.5. The van der Waals surface area contributed by atoms with Gasteiger partial charge in [0.25, 0.3) is 0 Å². The van der Waals surface area contributed by atoms with Crippen LogP contribution in [0.1, 0.15) is 12.8 Å². The van der Waals surface area contributed by atoms with Gasteiger partial charge in [0.05, 0.1) is 64.4 Å². The maximum Gasteiger partial charge on any atom is 0.161 e. The van der Waals surface area contributed by atoms with Gasteiger partial charge in [-0.3, -0.25) is 0 Å². The fourth-order valence-corrected chi connectivity index (χ4v) is 3.29. The first-order valence-electron chi connectivity index (χ1n) is 12.5. The van der Waals surface area contributed by atoms with Gasteiger partial charge in [-0.15, -0.1) is 0 Å². The number of ether oxygens (including phenoxy) is 8. The summed E-state index contributed by atoms with van der Waals surface area (Å²) >= 11 is 0. The summed E-state index contributed by atoms with van der Waals surface area (Å²) in [6.07, 6.45) is 13.8. The van der Waals surface area contributed by atoms with Crippen molar-refractivity contribution in [3.8, 4) is 11.5 Å². The van der Waals surface area contributed by atoms with E-state index < -0.39 is 0 Å². The molecule has 36 heavy (non-hydrogen) atoms. The molecule has 0 saturated heterocycles. The molecule has 0 radical (unpaired) electrons. The third-order valence-electron chi connectivity index (χ3n) is 5.07. The van der Waals surface area contributed by atoms with E-state index in [1.165, 1.54) is 0 Å². The van der Waals surface area contributed by atoms with Crippen LogP contribution in [0.25, 0.3) is 0 Å². The molecule has 0 amide bonds. The van der Waals surface area contributed by atoms with E-state index in [2.05, 4.69) is 12.2 Å². The molecule has 0 fully saturated rings. The summed E-state index contributed by atoms with van der Waals surface area (Å²) in [6, 6.07) is 7.58. The summed E-state index contributed by atoms with van der Waals surface area (Å²) in [5.41, 5.74) is 0. The number of benzene rings is 1. The van der Waals surface area contributed by atoms with Crippen LogP contribution in [0.2, 0.25) is 0 Å². The van der Waals surface area contributed by atoms with E-state index >= 15 is 0 Å².